The molecule has 2 aromatic rings. The van der Waals surface area contributed by atoms with Crippen molar-refractivity contribution in [3.05, 3.63) is 77.9 Å². The van der Waals surface area contributed by atoms with Crippen LogP contribution in [0.3, 0.4) is 0 Å². The van der Waals surface area contributed by atoms with E-state index in [-0.39, 0.29) is 5.91 Å². The Bertz CT molecular complexity index is 1170. The summed E-state index contributed by atoms with van der Waals surface area (Å²) < 4.78 is 5.17. The summed E-state index contributed by atoms with van der Waals surface area (Å²) in [7, 11) is 1.59. The standard InChI is InChI=1S/C27H28N4O2/c1-18-5-3-6-22-21(16-30-25(18)22)12-14-31(17-19-8-9-19)27(32)26-23(7-4-13-28-26)20-10-11-24(33-2)29-15-20/h3-7,10-11,13,15-16,18-19H,8-9,12,14,17H2,1-2H3. The van der Waals surface area contributed by atoms with Crippen LogP contribution in [0.1, 0.15) is 36.7 Å². The smallest absolute Gasteiger partial charge is 0.273 e. The zero-order chi connectivity index (χ0) is 22.8. The van der Waals surface area contributed by atoms with E-state index in [4.69, 9.17) is 4.74 Å². The first kappa shape index (κ1) is 21.3. The molecule has 0 spiro atoms. The summed E-state index contributed by atoms with van der Waals surface area (Å²) in [4.78, 5) is 29.1. The van der Waals surface area contributed by atoms with E-state index >= 15 is 0 Å². The van der Waals surface area contributed by atoms with Crippen molar-refractivity contribution in [2.75, 3.05) is 20.2 Å². The van der Waals surface area contributed by atoms with Crippen LogP contribution < -0.4 is 4.74 Å². The fourth-order valence-corrected chi connectivity index (χ4v) is 4.38. The van der Waals surface area contributed by atoms with Crippen LogP contribution in [0, 0.1) is 11.8 Å². The monoisotopic (exact) mass is 440 g/mol. The van der Waals surface area contributed by atoms with Crippen LogP contribution >= 0.6 is 0 Å². The molecular weight excluding hydrogens is 412 g/mol. The summed E-state index contributed by atoms with van der Waals surface area (Å²) in [6, 6.07) is 7.50. The van der Waals surface area contributed by atoms with Crippen molar-refractivity contribution in [2.45, 2.75) is 26.2 Å². The Balaban J connectivity index is 1.36. The van der Waals surface area contributed by atoms with Gasteiger partial charge in [-0.15, -0.1) is 0 Å². The first-order chi connectivity index (χ1) is 16.1. The van der Waals surface area contributed by atoms with Crippen LogP contribution in [0.25, 0.3) is 11.1 Å². The summed E-state index contributed by atoms with van der Waals surface area (Å²) in [5, 5.41) is 0. The molecule has 1 saturated carbocycles. The minimum Gasteiger partial charge on any atom is -0.481 e. The largest absolute Gasteiger partial charge is 0.481 e. The van der Waals surface area contributed by atoms with E-state index < -0.39 is 0 Å². The van der Waals surface area contributed by atoms with Crippen molar-refractivity contribution in [1.29, 1.82) is 0 Å². The number of pyridine rings is 2. The van der Waals surface area contributed by atoms with Crippen LogP contribution in [0.2, 0.25) is 0 Å². The molecule has 6 nitrogen and oxygen atoms in total. The van der Waals surface area contributed by atoms with E-state index in [0.717, 1.165) is 29.8 Å². The number of nitrogens with zero attached hydrogens (tertiary/aromatic N) is 4. The minimum atomic E-state index is -0.0288. The number of fused-ring (bicyclic) bond motifs is 1. The van der Waals surface area contributed by atoms with Crippen molar-refractivity contribution in [3.8, 4) is 17.0 Å². The summed E-state index contributed by atoms with van der Waals surface area (Å²) in [5.74, 6) is 1.43. The molecule has 3 heterocycles. The van der Waals surface area contributed by atoms with Gasteiger partial charge in [-0.05, 0) is 42.9 Å². The van der Waals surface area contributed by atoms with Crippen molar-refractivity contribution in [1.82, 2.24) is 14.9 Å². The zero-order valence-corrected chi connectivity index (χ0v) is 19.1. The third-order valence-corrected chi connectivity index (χ3v) is 6.46. The van der Waals surface area contributed by atoms with Crippen LogP contribution in [-0.2, 0) is 0 Å². The molecule has 168 valence electrons. The second-order valence-corrected chi connectivity index (χ2v) is 8.86. The summed E-state index contributed by atoms with van der Waals surface area (Å²) in [6.07, 6.45) is 14.9. The highest BCUT2D eigenvalue weighted by atomic mass is 16.5. The van der Waals surface area contributed by atoms with Crippen LogP contribution in [0.15, 0.2) is 77.2 Å². The third kappa shape index (κ3) is 4.51. The average molecular weight is 441 g/mol. The van der Waals surface area contributed by atoms with Crippen molar-refractivity contribution >= 4 is 11.6 Å². The van der Waals surface area contributed by atoms with E-state index in [1.54, 1.807) is 25.6 Å². The highest BCUT2D eigenvalue weighted by Crippen LogP contribution is 2.33. The number of carbonyl (C=O) groups excluding carboxylic acids is 1. The van der Waals surface area contributed by atoms with Crippen LogP contribution in [0.4, 0.5) is 0 Å². The van der Waals surface area contributed by atoms with Crippen molar-refractivity contribution in [2.24, 2.45) is 16.8 Å². The lowest BCUT2D eigenvalue weighted by Crippen LogP contribution is -2.35. The number of carbonyl (C=O) groups is 1. The summed E-state index contributed by atoms with van der Waals surface area (Å²) >= 11 is 0. The maximum absolute atomic E-state index is 13.7. The van der Waals surface area contributed by atoms with Gasteiger partial charge in [0.05, 0.1) is 12.8 Å². The molecule has 0 saturated heterocycles. The zero-order valence-electron chi connectivity index (χ0n) is 19.1. The molecule has 1 unspecified atom stereocenters. The Morgan fingerprint density at radius 2 is 2.09 bits per heavy atom. The predicted octanol–water partition coefficient (Wildman–Crippen LogP) is 4.87. The van der Waals surface area contributed by atoms with Crippen LogP contribution in [-0.4, -0.2) is 46.7 Å². The molecule has 1 aliphatic heterocycles. The molecule has 1 atom stereocenters. The molecule has 33 heavy (non-hydrogen) atoms. The highest BCUT2D eigenvalue weighted by Gasteiger charge is 2.30. The third-order valence-electron chi connectivity index (χ3n) is 6.46. The van der Waals surface area contributed by atoms with Gasteiger partial charge in [0.1, 0.15) is 5.69 Å². The van der Waals surface area contributed by atoms with Gasteiger partial charge in [0.2, 0.25) is 5.88 Å². The summed E-state index contributed by atoms with van der Waals surface area (Å²) in [5.41, 5.74) is 5.66. The fraction of sp³-hybridized carbons (Fsp3) is 0.333. The lowest BCUT2D eigenvalue weighted by atomic mass is 9.89. The molecule has 3 aliphatic rings. The molecule has 6 heteroatoms. The van der Waals surface area contributed by atoms with Crippen LogP contribution in [0.5, 0.6) is 5.88 Å². The van der Waals surface area contributed by atoms with E-state index in [1.807, 2.05) is 29.3 Å². The topological polar surface area (TPSA) is 67.7 Å². The highest BCUT2D eigenvalue weighted by molar-refractivity contribution is 6.09. The van der Waals surface area contributed by atoms with Gasteiger partial charge in [-0.3, -0.25) is 14.8 Å². The number of hydrogen-bond acceptors (Lipinski definition) is 5. The number of ether oxygens (including phenoxy) is 1. The predicted molar refractivity (Wildman–Crippen MR) is 129 cm³/mol. The molecule has 5 rings (SSSR count). The second kappa shape index (κ2) is 9.14. The number of methoxy groups -OCH3 is 1. The van der Waals surface area contributed by atoms with Crippen molar-refractivity contribution < 1.29 is 9.53 Å². The Kier molecular flexibility index (Phi) is 5.90. The molecule has 0 N–H and O–H groups in total. The SMILES string of the molecule is COc1ccc(-c2cccnc2C(=O)N(CCC2=CN=C3C2=CC=CC3C)CC2CC2)cn1. The summed E-state index contributed by atoms with van der Waals surface area (Å²) in [6.45, 7) is 3.58. The molecule has 2 aliphatic carbocycles. The Morgan fingerprint density at radius 1 is 1.21 bits per heavy atom. The van der Waals surface area contributed by atoms with Gasteiger partial charge in [0, 0.05) is 60.4 Å². The van der Waals surface area contributed by atoms with Gasteiger partial charge >= 0.3 is 0 Å². The second-order valence-electron chi connectivity index (χ2n) is 8.86. The molecule has 2 aromatic heterocycles. The number of amides is 1. The quantitative estimate of drug-likeness (QED) is 0.588. The maximum Gasteiger partial charge on any atom is 0.273 e. The Hall–Kier alpha value is -3.54. The van der Waals surface area contributed by atoms with Gasteiger partial charge in [-0.1, -0.05) is 31.2 Å². The minimum absolute atomic E-state index is 0.0288. The fourth-order valence-electron chi connectivity index (χ4n) is 4.38. The van der Waals surface area contributed by atoms with Gasteiger partial charge < -0.3 is 9.64 Å². The van der Waals surface area contributed by atoms with E-state index in [0.29, 0.717) is 30.0 Å². The van der Waals surface area contributed by atoms with E-state index in [2.05, 4.69) is 40.1 Å². The molecule has 0 radical (unpaired) electrons. The number of aliphatic imine (C=N–C) groups is 1. The molecule has 1 amide bonds. The Labute approximate surface area is 194 Å². The van der Waals surface area contributed by atoms with E-state index in [1.165, 1.54) is 24.0 Å². The van der Waals surface area contributed by atoms with Crippen molar-refractivity contribution in [3.63, 3.8) is 0 Å². The first-order valence-electron chi connectivity index (χ1n) is 11.5. The first-order valence-corrected chi connectivity index (χ1v) is 11.5. The normalized spacial score (nSPS) is 18.8. The lowest BCUT2D eigenvalue weighted by Gasteiger charge is -2.24. The van der Waals surface area contributed by atoms with Gasteiger partial charge in [-0.2, -0.15) is 0 Å². The number of aromatic nitrogens is 2. The van der Waals surface area contributed by atoms with E-state index in [9.17, 15) is 4.79 Å². The number of hydrogen-bond donors (Lipinski definition) is 0. The number of allylic oxidation sites excluding steroid dienone is 4. The average Bonchev–Trinajstić information content (AvgIpc) is 3.58. The molecule has 0 aromatic carbocycles. The number of rotatable bonds is 8. The molecular formula is C27H28N4O2. The lowest BCUT2D eigenvalue weighted by molar-refractivity contribution is 0.0745. The molecule has 0 bridgehead atoms. The maximum atomic E-state index is 13.7. The van der Waals surface area contributed by atoms with Gasteiger partial charge in [0.25, 0.3) is 5.91 Å². The Morgan fingerprint density at radius 3 is 2.85 bits per heavy atom. The van der Waals surface area contributed by atoms with Gasteiger partial charge in [0.15, 0.2) is 0 Å². The molecule has 1 fully saturated rings. The van der Waals surface area contributed by atoms with Gasteiger partial charge in [-0.25, -0.2) is 4.98 Å².